The average molecular weight is 525 g/mol. The van der Waals surface area contributed by atoms with Gasteiger partial charge in [-0.3, -0.25) is 9.10 Å². The fourth-order valence-corrected chi connectivity index (χ4v) is 4.57. The summed E-state index contributed by atoms with van der Waals surface area (Å²) in [5.74, 6) is 0.475. The molecule has 0 unspecified atom stereocenters. The van der Waals surface area contributed by atoms with Crippen LogP contribution < -0.4 is 9.73 Å². The van der Waals surface area contributed by atoms with Gasteiger partial charge in [0.15, 0.2) is 0 Å². The summed E-state index contributed by atoms with van der Waals surface area (Å²) < 4.78 is 33.7. The van der Waals surface area contributed by atoms with E-state index in [2.05, 4.69) is 26.5 Å². The third kappa shape index (κ3) is 5.55. The van der Waals surface area contributed by atoms with Gasteiger partial charge in [-0.25, -0.2) is 13.8 Å². The molecule has 7 nitrogen and oxygen atoms in total. The van der Waals surface area contributed by atoms with Gasteiger partial charge in [0, 0.05) is 11.1 Å². The van der Waals surface area contributed by atoms with Crippen molar-refractivity contribution >= 4 is 55.4 Å². The maximum Gasteiger partial charge on any atom is 0.264 e. The van der Waals surface area contributed by atoms with Gasteiger partial charge in [0.25, 0.3) is 15.9 Å². The molecule has 3 rings (SSSR count). The lowest BCUT2D eigenvalue weighted by Crippen LogP contribution is -2.39. The number of hydrazone groups is 1. The number of benzene rings is 2. The van der Waals surface area contributed by atoms with Gasteiger partial charge in [0.2, 0.25) is 0 Å². The van der Waals surface area contributed by atoms with E-state index in [0.717, 1.165) is 14.3 Å². The Morgan fingerprint density at radius 2 is 1.90 bits per heavy atom. The lowest BCUT2D eigenvalue weighted by molar-refractivity contribution is -0.119. The van der Waals surface area contributed by atoms with Crippen molar-refractivity contribution < 1.29 is 17.6 Å². The predicted molar refractivity (Wildman–Crippen MR) is 124 cm³/mol. The van der Waals surface area contributed by atoms with Crippen molar-refractivity contribution in [3.05, 3.63) is 81.2 Å². The fourth-order valence-electron chi connectivity index (χ4n) is 2.65. The molecule has 1 aromatic heterocycles. The predicted octanol–water partition coefficient (Wildman–Crippen LogP) is 4.66. The first-order valence-electron chi connectivity index (χ1n) is 9.10. The molecule has 1 amide bonds. The van der Waals surface area contributed by atoms with Crippen LogP contribution in [0.4, 0.5) is 5.69 Å². The second kappa shape index (κ2) is 9.67. The number of hydrogen-bond donors (Lipinski definition) is 1. The lowest BCUT2D eigenvalue weighted by Gasteiger charge is -2.24. The number of carbonyl (C=O) groups excluding carboxylic acids is 1. The van der Waals surface area contributed by atoms with Gasteiger partial charge >= 0.3 is 0 Å². The molecule has 0 radical (unpaired) electrons. The number of amides is 1. The fraction of sp³-hybridized carbons (Fsp3) is 0.143. The van der Waals surface area contributed by atoms with Crippen molar-refractivity contribution in [2.75, 3.05) is 10.8 Å². The number of rotatable bonds is 7. The Morgan fingerprint density at radius 1 is 1.19 bits per heavy atom. The lowest BCUT2D eigenvalue weighted by atomic mass is 10.2. The van der Waals surface area contributed by atoms with Crippen LogP contribution in [-0.2, 0) is 14.8 Å². The molecule has 0 atom stereocenters. The number of anilines is 1. The summed E-state index contributed by atoms with van der Waals surface area (Å²) in [6.07, 6.45) is 1.33. The molecule has 10 heteroatoms. The summed E-state index contributed by atoms with van der Waals surface area (Å²) >= 11 is 9.52. The Balaban J connectivity index is 1.85. The molecule has 0 saturated carbocycles. The van der Waals surface area contributed by atoms with Crippen LogP contribution >= 0.6 is 27.5 Å². The Kier molecular flexibility index (Phi) is 7.19. The second-order valence-corrected chi connectivity index (χ2v) is 9.73. The molecule has 2 aromatic carbocycles. The van der Waals surface area contributed by atoms with Crippen LogP contribution in [0.1, 0.15) is 17.1 Å². The van der Waals surface area contributed by atoms with Gasteiger partial charge in [-0.1, -0.05) is 35.9 Å². The highest BCUT2D eigenvalue weighted by atomic mass is 79.9. The zero-order valence-electron chi connectivity index (χ0n) is 16.7. The number of halogens is 2. The van der Waals surface area contributed by atoms with Gasteiger partial charge < -0.3 is 4.42 Å². The normalized spacial score (nSPS) is 11.6. The number of nitrogens with one attached hydrogen (secondary N) is 1. The first-order chi connectivity index (χ1) is 14.7. The summed E-state index contributed by atoms with van der Waals surface area (Å²) in [5.41, 5.74) is 3.38. The summed E-state index contributed by atoms with van der Waals surface area (Å²) in [6, 6.07) is 14.4. The highest BCUT2D eigenvalue weighted by molar-refractivity contribution is 9.10. The second-order valence-electron chi connectivity index (χ2n) is 6.60. The van der Waals surface area contributed by atoms with Crippen LogP contribution in [0.3, 0.4) is 0 Å². The Labute approximate surface area is 193 Å². The number of carbonyl (C=O) groups is 1. The van der Waals surface area contributed by atoms with E-state index in [4.69, 9.17) is 16.0 Å². The number of aryl methyl sites for hydroxylation is 2. The largest absolute Gasteiger partial charge is 0.459 e. The third-order valence-electron chi connectivity index (χ3n) is 4.32. The van der Waals surface area contributed by atoms with Crippen molar-refractivity contribution in [2.45, 2.75) is 18.7 Å². The third-order valence-corrected chi connectivity index (χ3v) is 7.30. The first kappa shape index (κ1) is 23.1. The summed E-state index contributed by atoms with van der Waals surface area (Å²) in [4.78, 5) is 12.6. The van der Waals surface area contributed by atoms with E-state index in [1.165, 1.54) is 24.4 Å². The molecule has 1 N–H and O–H groups in total. The van der Waals surface area contributed by atoms with Crippen LogP contribution in [0, 0.1) is 13.8 Å². The van der Waals surface area contributed by atoms with Crippen molar-refractivity contribution in [1.82, 2.24) is 5.43 Å². The van der Waals surface area contributed by atoms with E-state index in [-0.39, 0.29) is 10.6 Å². The molecule has 0 aliphatic heterocycles. The van der Waals surface area contributed by atoms with Gasteiger partial charge in [0.05, 0.1) is 21.3 Å². The number of nitrogens with zero attached hydrogens (tertiary/aromatic N) is 2. The minimum absolute atomic E-state index is 0.0545. The SMILES string of the molecule is Cc1ccc(N(CC(=O)N/N=C\c2cc(Br)c(C)o2)S(=O)(=O)c2ccccc2)cc1Cl. The highest BCUT2D eigenvalue weighted by Gasteiger charge is 2.27. The molecule has 0 aliphatic carbocycles. The molecular formula is C21H19BrClN3O4S. The summed E-state index contributed by atoms with van der Waals surface area (Å²) in [7, 11) is -4.02. The first-order valence-corrected chi connectivity index (χ1v) is 11.7. The molecule has 0 bridgehead atoms. The standard InChI is InChI=1S/C21H19BrClN3O4S/c1-14-8-9-16(10-20(14)23)26(31(28,29)18-6-4-3-5-7-18)13-21(27)25-24-12-17-11-19(22)15(2)30-17/h3-12H,13H2,1-2H3,(H,25,27)/b24-12-. The monoisotopic (exact) mass is 523 g/mol. The zero-order valence-corrected chi connectivity index (χ0v) is 19.8. The zero-order chi connectivity index (χ0) is 22.6. The van der Waals surface area contributed by atoms with Crippen LogP contribution in [0.15, 0.2) is 73.5 Å². The van der Waals surface area contributed by atoms with E-state index in [0.29, 0.717) is 16.5 Å². The molecule has 0 aliphatic rings. The van der Waals surface area contributed by atoms with Gasteiger partial charge in [-0.05, 0) is 59.6 Å². The molecule has 31 heavy (non-hydrogen) atoms. The average Bonchev–Trinajstić information content (AvgIpc) is 3.06. The summed E-state index contributed by atoms with van der Waals surface area (Å²) in [6.45, 7) is 3.09. The van der Waals surface area contributed by atoms with E-state index in [9.17, 15) is 13.2 Å². The maximum atomic E-state index is 13.2. The van der Waals surface area contributed by atoms with Crippen LogP contribution in [0.5, 0.6) is 0 Å². The number of hydrogen-bond acceptors (Lipinski definition) is 5. The number of sulfonamides is 1. The molecule has 162 valence electrons. The van der Waals surface area contributed by atoms with E-state index in [1.807, 2.05) is 0 Å². The minimum atomic E-state index is -4.02. The van der Waals surface area contributed by atoms with Crippen molar-refractivity contribution in [3.8, 4) is 0 Å². The molecule has 0 saturated heterocycles. The quantitative estimate of drug-likeness (QED) is 0.359. The van der Waals surface area contributed by atoms with Crippen molar-refractivity contribution in [3.63, 3.8) is 0 Å². The van der Waals surface area contributed by atoms with E-state index in [1.54, 1.807) is 50.2 Å². The number of furan rings is 1. The Bertz CT molecular complexity index is 1210. The van der Waals surface area contributed by atoms with E-state index < -0.39 is 22.5 Å². The summed E-state index contributed by atoms with van der Waals surface area (Å²) in [5, 5.41) is 4.23. The van der Waals surface area contributed by atoms with Crippen LogP contribution in [0.25, 0.3) is 0 Å². The molecular weight excluding hydrogens is 506 g/mol. The van der Waals surface area contributed by atoms with Crippen molar-refractivity contribution in [1.29, 1.82) is 0 Å². The maximum absolute atomic E-state index is 13.2. The van der Waals surface area contributed by atoms with Crippen LogP contribution in [-0.4, -0.2) is 27.1 Å². The smallest absolute Gasteiger partial charge is 0.264 e. The topological polar surface area (TPSA) is 92.0 Å². The molecule has 1 heterocycles. The van der Waals surface area contributed by atoms with Crippen LogP contribution in [0.2, 0.25) is 5.02 Å². The van der Waals surface area contributed by atoms with Gasteiger partial charge in [-0.15, -0.1) is 0 Å². The minimum Gasteiger partial charge on any atom is -0.459 e. The molecule has 0 spiro atoms. The molecule has 0 fully saturated rings. The van der Waals surface area contributed by atoms with Crippen molar-refractivity contribution in [2.24, 2.45) is 5.10 Å². The molecule has 3 aromatic rings. The van der Waals surface area contributed by atoms with Gasteiger partial charge in [0.1, 0.15) is 18.1 Å². The Hall–Kier alpha value is -2.62. The van der Waals surface area contributed by atoms with Gasteiger partial charge in [-0.2, -0.15) is 5.10 Å². The van der Waals surface area contributed by atoms with E-state index >= 15 is 0 Å². The highest BCUT2D eigenvalue weighted by Crippen LogP contribution is 2.28. The Morgan fingerprint density at radius 3 is 2.52 bits per heavy atom.